The van der Waals surface area contributed by atoms with Gasteiger partial charge in [-0.2, -0.15) is 0 Å². The molecule has 0 aromatic carbocycles. The SMILES string of the molecule is C=C=C1C=C(CCCCNC(=O)C2=CNCC=C2)C1. The van der Waals surface area contributed by atoms with Gasteiger partial charge in [0.25, 0.3) is 5.91 Å². The highest BCUT2D eigenvalue weighted by Crippen LogP contribution is 2.27. The molecule has 1 aliphatic heterocycles. The van der Waals surface area contributed by atoms with Gasteiger partial charge in [0.15, 0.2) is 0 Å². The lowest BCUT2D eigenvalue weighted by Crippen LogP contribution is -2.27. The number of carbonyl (C=O) groups excluding carboxylic acids is 1. The minimum Gasteiger partial charge on any atom is -0.387 e. The van der Waals surface area contributed by atoms with E-state index < -0.39 is 0 Å². The first-order valence-corrected chi connectivity index (χ1v) is 6.76. The maximum absolute atomic E-state index is 11.7. The average molecular weight is 256 g/mol. The predicted molar refractivity (Wildman–Crippen MR) is 77.4 cm³/mol. The number of hydrogen-bond donors (Lipinski definition) is 2. The Hall–Kier alpha value is -1.99. The highest BCUT2D eigenvalue weighted by molar-refractivity contribution is 5.96. The molecule has 100 valence electrons. The summed E-state index contributed by atoms with van der Waals surface area (Å²) in [4.78, 5) is 11.7. The molecule has 1 heterocycles. The molecule has 2 aliphatic rings. The normalized spacial score (nSPS) is 16.7. The number of hydrogen-bond acceptors (Lipinski definition) is 2. The van der Waals surface area contributed by atoms with Gasteiger partial charge in [0, 0.05) is 25.7 Å². The quantitative estimate of drug-likeness (QED) is 0.566. The standard InChI is InChI=1S/C16H20N2O/c1-2-13-10-14(11-13)6-3-4-9-18-16(19)15-7-5-8-17-12-15/h5,7,10,12,17H,1,3-4,6,8-9,11H2,(H,18,19). The Labute approximate surface area is 114 Å². The van der Waals surface area contributed by atoms with Gasteiger partial charge in [-0.3, -0.25) is 4.79 Å². The summed E-state index contributed by atoms with van der Waals surface area (Å²) >= 11 is 0. The Morgan fingerprint density at radius 3 is 3.00 bits per heavy atom. The first kappa shape index (κ1) is 13.4. The number of carbonyl (C=O) groups is 1. The zero-order valence-corrected chi connectivity index (χ0v) is 11.2. The zero-order valence-electron chi connectivity index (χ0n) is 11.2. The maximum atomic E-state index is 11.7. The number of unbranched alkanes of at least 4 members (excludes halogenated alkanes) is 1. The molecule has 3 heteroatoms. The Morgan fingerprint density at radius 1 is 1.47 bits per heavy atom. The van der Waals surface area contributed by atoms with E-state index in [1.165, 1.54) is 11.1 Å². The van der Waals surface area contributed by atoms with Crippen molar-refractivity contribution in [1.29, 1.82) is 0 Å². The van der Waals surface area contributed by atoms with Crippen LogP contribution in [0, 0.1) is 0 Å². The van der Waals surface area contributed by atoms with Gasteiger partial charge in [0.2, 0.25) is 0 Å². The van der Waals surface area contributed by atoms with Crippen molar-refractivity contribution in [2.24, 2.45) is 0 Å². The molecule has 0 unspecified atom stereocenters. The van der Waals surface area contributed by atoms with Gasteiger partial charge >= 0.3 is 0 Å². The molecule has 1 aliphatic carbocycles. The fourth-order valence-corrected chi connectivity index (χ4v) is 2.13. The Balaban J connectivity index is 1.57. The van der Waals surface area contributed by atoms with Crippen molar-refractivity contribution in [2.75, 3.05) is 13.1 Å². The van der Waals surface area contributed by atoms with Gasteiger partial charge in [-0.05, 0) is 24.8 Å². The zero-order chi connectivity index (χ0) is 13.5. The Bertz CT molecular complexity index is 491. The molecular formula is C16H20N2O. The molecule has 0 saturated heterocycles. The molecule has 0 bridgehead atoms. The fourth-order valence-electron chi connectivity index (χ4n) is 2.13. The molecule has 2 N–H and O–H groups in total. The number of amides is 1. The van der Waals surface area contributed by atoms with Crippen molar-refractivity contribution in [3.63, 3.8) is 0 Å². The number of allylic oxidation sites excluding steroid dienone is 3. The molecule has 0 aromatic heterocycles. The highest BCUT2D eigenvalue weighted by Gasteiger charge is 2.10. The molecule has 0 fully saturated rings. The van der Waals surface area contributed by atoms with E-state index in [2.05, 4.69) is 29.0 Å². The Morgan fingerprint density at radius 2 is 2.32 bits per heavy atom. The van der Waals surface area contributed by atoms with Crippen LogP contribution < -0.4 is 10.6 Å². The van der Waals surface area contributed by atoms with Crippen LogP contribution in [0.2, 0.25) is 0 Å². The first-order chi connectivity index (χ1) is 9.29. The van der Waals surface area contributed by atoms with Crippen LogP contribution in [0.15, 0.2) is 53.5 Å². The minimum atomic E-state index is 0.00295. The van der Waals surface area contributed by atoms with E-state index in [-0.39, 0.29) is 5.91 Å². The first-order valence-electron chi connectivity index (χ1n) is 6.76. The third kappa shape index (κ3) is 4.01. The second kappa shape index (κ2) is 6.81. The second-order valence-electron chi connectivity index (χ2n) is 4.80. The summed E-state index contributed by atoms with van der Waals surface area (Å²) in [7, 11) is 0. The van der Waals surface area contributed by atoms with Crippen LogP contribution >= 0.6 is 0 Å². The number of nitrogens with one attached hydrogen (secondary N) is 2. The van der Waals surface area contributed by atoms with Crippen molar-refractivity contribution in [2.45, 2.75) is 25.7 Å². The smallest absolute Gasteiger partial charge is 0.252 e. The van der Waals surface area contributed by atoms with Crippen LogP contribution in [-0.4, -0.2) is 19.0 Å². The van der Waals surface area contributed by atoms with Crippen LogP contribution in [0.5, 0.6) is 0 Å². The summed E-state index contributed by atoms with van der Waals surface area (Å²) in [5.41, 5.74) is 6.29. The van der Waals surface area contributed by atoms with Crippen molar-refractivity contribution < 1.29 is 4.79 Å². The summed E-state index contributed by atoms with van der Waals surface area (Å²) in [5, 5.41) is 5.96. The largest absolute Gasteiger partial charge is 0.387 e. The van der Waals surface area contributed by atoms with E-state index in [1.54, 1.807) is 6.20 Å². The summed E-state index contributed by atoms with van der Waals surface area (Å²) in [6.45, 7) is 5.16. The molecule has 3 nitrogen and oxygen atoms in total. The lowest BCUT2D eigenvalue weighted by Gasteiger charge is -2.16. The van der Waals surface area contributed by atoms with Crippen LogP contribution in [0.3, 0.4) is 0 Å². The van der Waals surface area contributed by atoms with Gasteiger partial charge in [-0.15, -0.1) is 5.73 Å². The monoisotopic (exact) mass is 256 g/mol. The molecular weight excluding hydrogens is 236 g/mol. The number of rotatable bonds is 6. The third-order valence-corrected chi connectivity index (χ3v) is 3.29. The maximum Gasteiger partial charge on any atom is 0.252 e. The molecule has 0 radical (unpaired) electrons. The highest BCUT2D eigenvalue weighted by atomic mass is 16.1. The molecule has 0 spiro atoms. The van der Waals surface area contributed by atoms with E-state index in [1.807, 2.05) is 12.2 Å². The van der Waals surface area contributed by atoms with Crippen LogP contribution in [0.25, 0.3) is 0 Å². The van der Waals surface area contributed by atoms with Gasteiger partial charge in [0.1, 0.15) is 0 Å². The van der Waals surface area contributed by atoms with Gasteiger partial charge in [-0.25, -0.2) is 0 Å². The molecule has 2 rings (SSSR count). The molecule has 1 amide bonds. The second-order valence-corrected chi connectivity index (χ2v) is 4.80. The number of dihydropyridines is 1. The van der Waals surface area contributed by atoms with Crippen LogP contribution in [0.4, 0.5) is 0 Å². The van der Waals surface area contributed by atoms with Crippen molar-refractivity contribution in [3.8, 4) is 0 Å². The van der Waals surface area contributed by atoms with Gasteiger partial charge in [-0.1, -0.05) is 30.4 Å². The van der Waals surface area contributed by atoms with E-state index in [4.69, 9.17) is 0 Å². The fraction of sp³-hybridized carbons (Fsp3) is 0.375. The summed E-state index contributed by atoms with van der Waals surface area (Å²) in [5.74, 6) is 0.00295. The lowest BCUT2D eigenvalue weighted by atomic mass is 9.89. The molecule has 0 atom stereocenters. The van der Waals surface area contributed by atoms with Crippen LogP contribution in [-0.2, 0) is 4.79 Å². The topological polar surface area (TPSA) is 41.1 Å². The van der Waals surface area contributed by atoms with Crippen molar-refractivity contribution in [1.82, 2.24) is 10.6 Å². The third-order valence-electron chi connectivity index (χ3n) is 3.29. The van der Waals surface area contributed by atoms with E-state index in [9.17, 15) is 4.79 Å². The minimum absolute atomic E-state index is 0.00295. The van der Waals surface area contributed by atoms with Gasteiger partial charge in [0.05, 0.1) is 5.57 Å². The summed E-state index contributed by atoms with van der Waals surface area (Å²) in [6, 6.07) is 0. The van der Waals surface area contributed by atoms with Crippen molar-refractivity contribution in [3.05, 3.63) is 53.5 Å². The molecule has 0 aromatic rings. The summed E-state index contributed by atoms with van der Waals surface area (Å²) in [6.07, 6.45) is 12.0. The summed E-state index contributed by atoms with van der Waals surface area (Å²) < 4.78 is 0. The van der Waals surface area contributed by atoms with Gasteiger partial charge < -0.3 is 10.6 Å². The molecule has 19 heavy (non-hydrogen) atoms. The van der Waals surface area contributed by atoms with E-state index >= 15 is 0 Å². The molecule has 0 saturated carbocycles. The average Bonchev–Trinajstić information content (AvgIpc) is 2.41. The van der Waals surface area contributed by atoms with E-state index in [0.717, 1.165) is 38.8 Å². The van der Waals surface area contributed by atoms with E-state index in [0.29, 0.717) is 5.57 Å². The van der Waals surface area contributed by atoms with Crippen LogP contribution in [0.1, 0.15) is 25.7 Å². The Kier molecular flexibility index (Phi) is 4.82. The lowest BCUT2D eigenvalue weighted by molar-refractivity contribution is -0.117. The van der Waals surface area contributed by atoms with Crippen molar-refractivity contribution >= 4 is 5.91 Å². The predicted octanol–water partition coefficient (Wildman–Crippen LogP) is 2.36.